The van der Waals surface area contributed by atoms with Gasteiger partial charge in [0.05, 0.1) is 13.2 Å². The largest absolute Gasteiger partial charge is 0.494 e. The van der Waals surface area contributed by atoms with E-state index in [0.29, 0.717) is 32.1 Å². The van der Waals surface area contributed by atoms with E-state index >= 15 is 0 Å². The molecule has 6 heteroatoms. The van der Waals surface area contributed by atoms with Crippen LogP contribution in [0.15, 0.2) is 29.3 Å². The summed E-state index contributed by atoms with van der Waals surface area (Å²) < 4.78 is 5.63. The van der Waals surface area contributed by atoms with Gasteiger partial charge in [-0.25, -0.2) is 4.99 Å². The first-order valence-electron chi connectivity index (χ1n) is 9.12. The minimum atomic E-state index is 0.0550. The smallest absolute Gasteiger partial charge is 0.221 e. The molecule has 0 fully saturated rings. The molecular weight excluding hydrogens is 316 g/mol. The Labute approximate surface area is 151 Å². The molecule has 0 aromatic heterocycles. The van der Waals surface area contributed by atoms with Crippen molar-refractivity contribution in [3.63, 3.8) is 0 Å². The number of rotatable bonds is 10. The van der Waals surface area contributed by atoms with Crippen molar-refractivity contribution < 1.29 is 9.53 Å². The third kappa shape index (κ3) is 8.42. The Bertz CT molecular complexity index is 546. The Kier molecular flexibility index (Phi) is 10.1. The number of hydrogen-bond donors (Lipinski definition) is 3. The average Bonchev–Trinajstić information content (AvgIpc) is 2.60. The number of amides is 1. The van der Waals surface area contributed by atoms with Gasteiger partial charge in [-0.3, -0.25) is 4.79 Å². The second-order valence-electron chi connectivity index (χ2n) is 5.79. The van der Waals surface area contributed by atoms with Crippen LogP contribution in [0.4, 0.5) is 0 Å². The standard InChI is InChI=1S/C19H32N4O2/c1-5-15(4)23-18(24)12-13-21-19(20-6-2)22-14-16-10-8-9-11-17(16)25-7-3/h8-11,15H,5-7,12-14H2,1-4H3,(H,23,24)(H2,20,21,22). The van der Waals surface area contributed by atoms with Gasteiger partial charge in [0, 0.05) is 31.1 Å². The number of benzene rings is 1. The maximum Gasteiger partial charge on any atom is 0.221 e. The molecule has 1 aromatic carbocycles. The molecule has 1 unspecified atom stereocenters. The molecule has 0 aliphatic rings. The van der Waals surface area contributed by atoms with Crippen LogP contribution in [0.2, 0.25) is 0 Å². The molecule has 1 amide bonds. The predicted molar refractivity (Wildman–Crippen MR) is 103 cm³/mol. The number of carbonyl (C=O) groups excluding carboxylic acids is 1. The zero-order valence-electron chi connectivity index (χ0n) is 15.9. The topological polar surface area (TPSA) is 74.8 Å². The van der Waals surface area contributed by atoms with Crippen molar-refractivity contribution in [2.24, 2.45) is 4.99 Å². The van der Waals surface area contributed by atoms with Gasteiger partial charge in [-0.05, 0) is 33.3 Å². The van der Waals surface area contributed by atoms with Gasteiger partial charge in [-0.15, -0.1) is 0 Å². The van der Waals surface area contributed by atoms with E-state index < -0.39 is 0 Å². The Morgan fingerprint density at radius 3 is 2.64 bits per heavy atom. The zero-order chi connectivity index (χ0) is 18.5. The minimum Gasteiger partial charge on any atom is -0.494 e. The number of ether oxygens (including phenoxy) is 1. The molecule has 1 atom stereocenters. The highest BCUT2D eigenvalue weighted by Gasteiger charge is 2.06. The number of aliphatic imine (C=N–C) groups is 1. The number of guanidine groups is 1. The van der Waals surface area contributed by atoms with Crippen LogP contribution >= 0.6 is 0 Å². The van der Waals surface area contributed by atoms with E-state index in [4.69, 9.17) is 4.74 Å². The van der Waals surface area contributed by atoms with E-state index in [0.717, 1.165) is 24.3 Å². The minimum absolute atomic E-state index is 0.0550. The third-order valence-corrected chi connectivity index (χ3v) is 3.69. The monoisotopic (exact) mass is 348 g/mol. The van der Waals surface area contributed by atoms with Gasteiger partial charge in [0.1, 0.15) is 5.75 Å². The summed E-state index contributed by atoms with van der Waals surface area (Å²) in [6.07, 6.45) is 1.35. The molecule has 1 aromatic rings. The van der Waals surface area contributed by atoms with E-state index in [1.807, 2.05) is 45.0 Å². The van der Waals surface area contributed by atoms with Crippen molar-refractivity contribution in [1.82, 2.24) is 16.0 Å². The van der Waals surface area contributed by atoms with Crippen LogP contribution in [0.25, 0.3) is 0 Å². The molecule has 0 radical (unpaired) electrons. The molecule has 0 heterocycles. The number of hydrogen-bond acceptors (Lipinski definition) is 3. The lowest BCUT2D eigenvalue weighted by Crippen LogP contribution is -2.40. The molecule has 1 rings (SSSR count). The van der Waals surface area contributed by atoms with Gasteiger partial charge in [0.2, 0.25) is 5.91 Å². The summed E-state index contributed by atoms with van der Waals surface area (Å²) in [6.45, 7) is 10.5. The number of carbonyl (C=O) groups is 1. The van der Waals surface area contributed by atoms with Gasteiger partial charge >= 0.3 is 0 Å². The fourth-order valence-corrected chi connectivity index (χ4v) is 2.18. The van der Waals surface area contributed by atoms with Crippen LogP contribution in [0.5, 0.6) is 5.75 Å². The lowest BCUT2D eigenvalue weighted by Gasteiger charge is -2.14. The highest BCUT2D eigenvalue weighted by atomic mass is 16.5. The van der Waals surface area contributed by atoms with Crippen molar-refractivity contribution in [3.05, 3.63) is 29.8 Å². The Morgan fingerprint density at radius 2 is 1.96 bits per heavy atom. The van der Waals surface area contributed by atoms with Crippen molar-refractivity contribution in [2.45, 2.75) is 53.1 Å². The van der Waals surface area contributed by atoms with Gasteiger partial charge in [0.25, 0.3) is 0 Å². The van der Waals surface area contributed by atoms with Crippen LogP contribution in [-0.4, -0.2) is 37.6 Å². The van der Waals surface area contributed by atoms with Gasteiger partial charge < -0.3 is 20.7 Å². The van der Waals surface area contributed by atoms with E-state index in [1.54, 1.807) is 0 Å². The first kappa shape index (κ1) is 20.8. The summed E-state index contributed by atoms with van der Waals surface area (Å²) in [5.74, 6) is 1.61. The molecule has 140 valence electrons. The van der Waals surface area contributed by atoms with Crippen LogP contribution in [-0.2, 0) is 11.3 Å². The van der Waals surface area contributed by atoms with Crippen molar-refractivity contribution in [2.75, 3.05) is 19.7 Å². The normalized spacial score (nSPS) is 12.4. The third-order valence-electron chi connectivity index (χ3n) is 3.69. The maximum atomic E-state index is 11.8. The van der Waals surface area contributed by atoms with Crippen LogP contribution < -0.4 is 20.7 Å². The molecule has 0 saturated carbocycles. The van der Waals surface area contributed by atoms with Crippen LogP contribution in [0, 0.1) is 0 Å². The lowest BCUT2D eigenvalue weighted by atomic mass is 10.2. The van der Waals surface area contributed by atoms with Crippen molar-refractivity contribution >= 4 is 11.9 Å². The summed E-state index contributed by atoms with van der Waals surface area (Å²) in [7, 11) is 0. The summed E-state index contributed by atoms with van der Waals surface area (Å²) in [6, 6.07) is 8.11. The Hall–Kier alpha value is -2.24. The molecular formula is C19H32N4O2. The average molecular weight is 348 g/mol. The molecule has 0 aliphatic heterocycles. The number of para-hydroxylation sites is 1. The molecule has 25 heavy (non-hydrogen) atoms. The zero-order valence-corrected chi connectivity index (χ0v) is 15.9. The van der Waals surface area contributed by atoms with Gasteiger partial charge in [-0.2, -0.15) is 0 Å². The molecule has 0 aliphatic carbocycles. The maximum absolute atomic E-state index is 11.8. The first-order valence-corrected chi connectivity index (χ1v) is 9.12. The second-order valence-corrected chi connectivity index (χ2v) is 5.79. The molecule has 0 bridgehead atoms. The quantitative estimate of drug-likeness (QED) is 0.448. The summed E-state index contributed by atoms with van der Waals surface area (Å²) in [5.41, 5.74) is 1.04. The van der Waals surface area contributed by atoms with Crippen LogP contribution in [0.1, 0.15) is 46.1 Å². The SMILES string of the molecule is CCNC(=NCc1ccccc1OCC)NCCC(=O)NC(C)CC. The van der Waals surface area contributed by atoms with Crippen LogP contribution in [0.3, 0.4) is 0 Å². The molecule has 6 nitrogen and oxygen atoms in total. The first-order chi connectivity index (χ1) is 12.1. The Balaban J connectivity index is 2.55. The fourth-order valence-electron chi connectivity index (χ4n) is 2.18. The molecule has 0 saturated heterocycles. The molecule has 0 spiro atoms. The summed E-state index contributed by atoms with van der Waals surface area (Å²) in [4.78, 5) is 16.4. The van der Waals surface area contributed by atoms with E-state index in [2.05, 4.69) is 27.9 Å². The lowest BCUT2D eigenvalue weighted by molar-refractivity contribution is -0.121. The summed E-state index contributed by atoms with van der Waals surface area (Å²) in [5, 5.41) is 9.36. The van der Waals surface area contributed by atoms with Crippen molar-refractivity contribution in [3.8, 4) is 5.75 Å². The van der Waals surface area contributed by atoms with Gasteiger partial charge in [-0.1, -0.05) is 25.1 Å². The highest BCUT2D eigenvalue weighted by molar-refractivity contribution is 5.81. The molecule has 3 N–H and O–H groups in total. The fraction of sp³-hybridized carbons (Fsp3) is 0.579. The summed E-state index contributed by atoms with van der Waals surface area (Å²) >= 11 is 0. The Morgan fingerprint density at radius 1 is 1.20 bits per heavy atom. The number of nitrogens with one attached hydrogen (secondary N) is 3. The predicted octanol–water partition coefficient (Wildman–Crippen LogP) is 2.45. The van der Waals surface area contributed by atoms with E-state index in [1.165, 1.54) is 0 Å². The highest BCUT2D eigenvalue weighted by Crippen LogP contribution is 2.18. The van der Waals surface area contributed by atoms with E-state index in [9.17, 15) is 4.79 Å². The second kappa shape index (κ2) is 12.2. The van der Waals surface area contributed by atoms with Crippen molar-refractivity contribution in [1.29, 1.82) is 0 Å². The number of nitrogens with zero attached hydrogens (tertiary/aromatic N) is 1. The van der Waals surface area contributed by atoms with E-state index in [-0.39, 0.29) is 11.9 Å². The van der Waals surface area contributed by atoms with Gasteiger partial charge in [0.15, 0.2) is 5.96 Å².